The third-order valence-electron chi connectivity index (χ3n) is 0.859. The third-order valence-corrected chi connectivity index (χ3v) is 0.859. The van der Waals surface area contributed by atoms with Gasteiger partial charge in [0, 0.05) is 0 Å². The molecule has 0 aromatic heterocycles. The van der Waals surface area contributed by atoms with Gasteiger partial charge in [0.05, 0.1) is 13.2 Å². The fraction of sp³-hybridized carbons (Fsp3) is 1.00. The second-order valence-corrected chi connectivity index (χ2v) is 1.75. The Bertz CT molecular complexity index is 154. The van der Waals surface area contributed by atoms with E-state index in [0.717, 1.165) is 0 Å². The van der Waals surface area contributed by atoms with E-state index < -0.39 is 10.2 Å². The van der Waals surface area contributed by atoms with Gasteiger partial charge in [-0.05, 0) is 0 Å². The summed E-state index contributed by atoms with van der Waals surface area (Å²) in [5, 5.41) is 14.5. The first-order chi connectivity index (χ1) is 6.13. The molecule has 0 heterocycles. The molecular formula is C4H10N2O7+2. The Balaban J connectivity index is 3.00. The van der Waals surface area contributed by atoms with Gasteiger partial charge in [0.15, 0.2) is 13.2 Å². The lowest BCUT2D eigenvalue weighted by molar-refractivity contribution is -0.976. The van der Waals surface area contributed by atoms with Crippen molar-refractivity contribution in [2.45, 2.75) is 0 Å². The molecule has 0 aromatic rings. The standard InChI is InChI=1S/C4H10N2O7/c7-5(8)12-3-1-11-2-4-13-6(9)10/h1-4H2,(H,7,8)(H,9,10)/q+2. The fourth-order valence-electron chi connectivity index (χ4n) is 0.451. The smallest absolute Gasteiger partial charge is 0.374 e. The lowest BCUT2D eigenvalue weighted by atomic mass is 10.7. The van der Waals surface area contributed by atoms with Crippen molar-refractivity contribution in [3.63, 3.8) is 0 Å². The van der Waals surface area contributed by atoms with Crippen LogP contribution in [0.3, 0.4) is 0 Å². The van der Waals surface area contributed by atoms with Gasteiger partial charge in [-0.15, -0.1) is 0 Å². The van der Waals surface area contributed by atoms with Gasteiger partial charge >= 0.3 is 10.2 Å². The average Bonchev–Trinajstić information content (AvgIpc) is 2.01. The molecule has 0 aliphatic carbocycles. The molecule has 0 saturated carbocycles. The monoisotopic (exact) mass is 198 g/mol. The molecule has 0 saturated heterocycles. The predicted octanol–water partition coefficient (Wildman–Crippen LogP) is -0.798. The highest BCUT2D eigenvalue weighted by Gasteiger charge is 2.05. The second kappa shape index (κ2) is 7.03. The van der Waals surface area contributed by atoms with Crippen LogP contribution in [0.15, 0.2) is 0 Å². The first kappa shape index (κ1) is 11.4. The van der Waals surface area contributed by atoms with Gasteiger partial charge < -0.3 is 4.74 Å². The molecule has 2 N–H and O–H groups in total. The summed E-state index contributed by atoms with van der Waals surface area (Å²) in [6.07, 6.45) is 0. The van der Waals surface area contributed by atoms with Crippen molar-refractivity contribution in [3.8, 4) is 0 Å². The lowest BCUT2D eigenvalue weighted by Gasteiger charge is -1.95. The van der Waals surface area contributed by atoms with Crippen LogP contribution >= 0.6 is 0 Å². The summed E-state index contributed by atoms with van der Waals surface area (Å²) in [4.78, 5) is 27.5. The van der Waals surface area contributed by atoms with Crippen molar-refractivity contribution in [3.05, 3.63) is 9.81 Å². The number of ether oxygens (including phenoxy) is 1. The van der Waals surface area contributed by atoms with Crippen molar-refractivity contribution in [2.75, 3.05) is 26.4 Å². The lowest BCUT2D eigenvalue weighted by Crippen LogP contribution is -2.14. The van der Waals surface area contributed by atoms with Crippen molar-refractivity contribution < 1.29 is 35.0 Å². The highest BCUT2D eigenvalue weighted by molar-refractivity contribution is 4.26. The summed E-state index contributed by atoms with van der Waals surface area (Å²) in [6, 6.07) is 0. The van der Waals surface area contributed by atoms with Gasteiger partial charge in [0.1, 0.15) is 9.81 Å². The Morgan fingerprint density at radius 3 is 1.54 bits per heavy atom. The van der Waals surface area contributed by atoms with Crippen LogP contribution in [0.4, 0.5) is 0 Å². The minimum absolute atomic E-state index is 0.0486. The normalized spacial score (nSPS) is 9.23. The Kier molecular flexibility index (Phi) is 6.15. The molecule has 0 atom stereocenters. The Morgan fingerprint density at radius 2 is 1.23 bits per heavy atom. The van der Waals surface area contributed by atoms with Crippen LogP contribution < -0.4 is 0 Å². The summed E-state index contributed by atoms with van der Waals surface area (Å²) in [5.74, 6) is 0. The van der Waals surface area contributed by atoms with Gasteiger partial charge in [0.2, 0.25) is 0 Å². The largest absolute Gasteiger partial charge is 0.475 e. The SMILES string of the molecule is O=[N+](O)OCCOCCO[N+](=O)O. The Morgan fingerprint density at radius 1 is 0.846 bits per heavy atom. The highest BCUT2D eigenvalue weighted by Crippen LogP contribution is 1.79. The van der Waals surface area contributed by atoms with Crippen molar-refractivity contribution in [1.29, 1.82) is 0 Å². The van der Waals surface area contributed by atoms with Crippen molar-refractivity contribution in [1.82, 2.24) is 0 Å². The van der Waals surface area contributed by atoms with Gasteiger partial charge in [-0.3, -0.25) is 0 Å². The maximum atomic E-state index is 9.71. The van der Waals surface area contributed by atoms with E-state index in [4.69, 9.17) is 15.2 Å². The topological polar surface area (TPSA) is 108 Å². The van der Waals surface area contributed by atoms with Crippen molar-refractivity contribution >= 4 is 0 Å². The molecular weight excluding hydrogens is 188 g/mol. The van der Waals surface area contributed by atoms with E-state index in [1.165, 1.54) is 0 Å². The summed E-state index contributed by atoms with van der Waals surface area (Å²) in [6.45, 7) is -0.152. The molecule has 0 radical (unpaired) electrons. The van der Waals surface area contributed by atoms with E-state index in [9.17, 15) is 9.81 Å². The Labute approximate surface area is 72.4 Å². The molecule has 0 amide bonds. The second-order valence-electron chi connectivity index (χ2n) is 1.75. The van der Waals surface area contributed by atoms with Crippen LogP contribution in [-0.2, 0) is 14.4 Å². The molecule has 0 aromatic carbocycles. The van der Waals surface area contributed by atoms with E-state index >= 15 is 0 Å². The first-order valence-electron chi connectivity index (χ1n) is 3.28. The zero-order valence-corrected chi connectivity index (χ0v) is 6.66. The predicted molar refractivity (Wildman–Crippen MR) is 33.6 cm³/mol. The summed E-state index contributed by atoms with van der Waals surface area (Å²) >= 11 is 0. The van der Waals surface area contributed by atoms with E-state index in [2.05, 4.69) is 9.68 Å². The van der Waals surface area contributed by atoms with E-state index in [-0.39, 0.29) is 26.4 Å². The fourth-order valence-corrected chi connectivity index (χ4v) is 0.451. The van der Waals surface area contributed by atoms with Crippen LogP contribution in [0.1, 0.15) is 0 Å². The average molecular weight is 198 g/mol. The van der Waals surface area contributed by atoms with E-state index in [1.54, 1.807) is 0 Å². The molecule has 0 unspecified atom stereocenters. The summed E-state index contributed by atoms with van der Waals surface area (Å²) in [5.41, 5.74) is 0. The maximum absolute atomic E-state index is 9.71. The van der Waals surface area contributed by atoms with Gasteiger partial charge in [-0.25, -0.2) is 10.4 Å². The number of hydrogen-bond donors (Lipinski definition) is 2. The van der Waals surface area contributed by atoms with E-state index in [1.807, 2.05) is 0 Å². The third kappa shape index (κ3) is 10.4. The van der Waals surface area contributed by atoms with Gasteiger partial charge in [-0.2, -0.15) is 9.68 Å². The molecule has 13 heavy (non-hydrogen) atoms. The van der Waals surface area contributed by atoms with Crippen LogP contribution in [0.25, 0.3) is 0 Å². The molecule has 0 spiro atoms. The summed E-state index contributed by atoms with van der Waals surface area (Å²) in [7, 11) is 0. The molecule has 9 heteroatoms. The minimum atomic E-state index is -0.688. The highest BCUT2D eigenvalue weighted by atomic mass is 17.0. The molecule has 9 nitrogen and oxygen atoms in total. The summed E-state index contributed by atoms with van der Waals surface area (Å²) < 4.78 is 4.73. The zero-order chi connectivity index (χ0) is 10.1. The molecule has 0 fully saturated rings. The number of rotatable bonds is 8. The molecule has 0 aliphatic heterocycles. The van der Waals surface area contributed by atoms with Crippen LogP contribution in [-0.4, -0.2) is 47.0 Å². The van der Waals surface area contributed by atoms with Crippen LogP contribution in [0.5, 0.6) is 0 Å². The number of hydrogen-bond acceptors (Lipinski definition) is 5. The molecule has 0 aliphatic rings. The maximum Gasteiger partial charge on any atom is 0.475 e. The number of nitrogens with zero attached hydrogens (tertiary/aromatic N) is 2. The van der Waals surface area contributed by atoms with Crippen LogP contribution in [0.2, 0.25) is 0 Å². The van der Waals surface area contributed by atoms with Gasteiger partial charge in [0.25, 0.3) is 0 Å². The molecule has 76 valence electrons. The van der Waals surface area contributed by atoms with Gasteiger partial charge in [-0.1, -0.05) is 0 Å². The molecule has 0 bridgehead atoms. The molecule has 0 rings (SSSR count). The minimum Gasteiger partial charge on any atom is -0.374 e. The van der Waals surface area contributed by atoms with E-state index in [0.29, 0.717) is 0 Å². The quantitative estimate of drug-likeness (QED) is 0.388. The first-order valence-corrected chi connectivity index (χ1v) is 3.28. The zero-order valence-electron chi connectivity index (χ0n) is 6.66. The van der Waals surface area contributed by atoms with Crippen LogP contribution in [0, 0.1) is 9.81 Å². The van der Waals surface area contributed by atoms with Crippen molar-refractivity contribution in [2.24, 2.45) is 0 Å². The Hall–Kier alpha value is -1.64.